The van der Waals surface area contributed by atoms with Crippen LogP contribution in [-0.2, 0) is 21.3 Å². The Balaban J connectivity index is 1.85. The fourth-order valence-corrected chi connectivity index (χ4v) is 3.98. The van der Waals surface area contributed by atoms with Gasteiger partial charge in [0.15, 0.2) is 0 Å². The quantitative estimate of drug-likeness (QED) is 0.418. The number of hydrogen-bond acceptors (Lipinski definition) is 8. The maximum Gasteiger partial charge on any atom is 0.534 e. The van der Waals surface area contributed by atoms with Crippen molar-refractivity contribution in [2.24, 2.45) is 0 Å². The zero-order valence-electron chi connectivity index (χ0n) is 17.0. The molecule has 1 aliphatic rings. The Morgan fingerprint density at radius 3 is 2.42 bits per heavy atom. The highest BCUT2D eigenvalue weighted by Gasteiger charge is 2.48. The van der Waals surface area contributed by atoms with Gasteiger partial charge in [0.25, 0.3) is 0 Å². The highest BCUT2D eigenvalue weighted by atomic mass is 32.2. The normalized spacial score (nSPS) is 21.4. The molecule has 3 N–H and O–H groups in total. The molecule has 33 heavy (non-hydrogen) atoms. The van der Waals surface area contributed by atoms with Crippen molar-refractivity contribution in [2.45, 2.75) is 43.1 Å². The number of phenols is 1. The van der Waals surface area contributed by atoms with Crippen molar-refractivity contribution in [1.29, 1.82) is 5.26 Å². The number of aromatic hydroxyl groups is 1. The Morgan fingerprint density at radius 2 is 1.85 bits per heavy atom. The molecule has 3 atom stereocenters. The van der Waals surface area contributed by atoms with Gasteiger partial charge in [-0.2, -0.15) is 26.9 Å². The zero-order chi connectivity index (χ0) is 24.4. The third-order valence-electron chi connectivity index (χ3n) is 5.11. The lowest BCUT2D eigenvalue weighted by Crippen LogP contribution is -2.33. The average Bonchev–Trinajstić information content (AvgIpc) is 2.74. The number of aliphatic hydroxyl groups excluding tert-OH is 2. The van der Waals surface area contributed by atoms with Crippen LogP contribution < -0.4 is 4.18 Å². The summed E-state index contributed by atoms with van der Waals surface area (Å²) in [6.07, 6.45) is -1.54. The van der Waals surface area contributed by atoms with Crippen LogP contribution in [0.4, 0.5) is 13.2 Å². The van der Waals surface area contributed by atoms with Gasteiger partial charge >= 0.3 is 15.6 Å². The van der Waals surface area contributed by atoms with E-state index in [9.17, 15) is 42.2 Å². The summed E-state index contributed by atoms with van der Waals surface area (Å²) in [6.45, 7) is -0.310. The summed E-state index contributed by atoms with van der Waals surface area (Å²) in [6, 6.07) is 9.53. The van der Waals surface area contributed by atoms with E-state index in [1.165, 1.54) is 24.3 Å². The van der Waals surface area contributed by atoms with Crippen LogP contribution in [0.5, 0.6) is 11.5 Å². The van der Waals surface area contributed by atoms with Crippen molar-refractivity contribution in [1.82, 2.24) is 0 Å². The molecule has 3 rings (SSSR count). The first-order chi connectivity index (χ1) is 15.4. The monoisotopic (exact) mass is 487 g/mol. The number of benzene rings is 2. The fraction of sp³-hybridized carbons (Fsp3) is 0.381. The number of nitrogens with zero attached hydrogens (tertiary/aromatic N) is 1. The van der Waals surface area contributed by atoms with Gasteiger partial charge in [-0.05, 0) is 41.8 Å². The van der Waals surface area contributed by atoms with Crippen LogP contribution in [0.3, 0.4) is 0 Å². The van der Waals surface area contributed by atoms with Crippen LogP contribution in [0.15, 0.2) is 36.4 Å². The lowest BCUT2D eigenvalue weighted by Gasteiger charge is -2.33. The van der Waals surface area contributed by atoms with Crippen LogP contribution in [0.25, 0.3) is 0 Å². The van der Waals surface area contributed by atoms with Crippen LogP contribution in [0.1, 0.15) is 41.2 Å². The maximum absolute atomic E-state index is 12.5. The lowest BCUT2D eigenvalue weighted by molar-refractivity contribution is -0.114. The highest BCUT2D eigenvalue weighted by molar-refractivity contribution is 7.88. The number of aliphatic hydroxyl groups is 2. The highest BCUT2D eigenvalue weighted by Crippen LogP contribution is 2.38. The molecular weight excluding hydrogens is 467 g/mol. The van der Waals surface area contributed by atoms with E-state index < -0.39 is 39.7 Å². The number of rotatable bonds is 6. The number of phenolic OH excluding ortho intramolecular Hbond substituents is 1. The van der Waals surface area contributed by atoms with E-state index in [0.717, 1.165) is 12.1 Å². The van der Waals surface area contributed by atoms with Gasteiger partial charge < -0.3 is 24.2 Å². The number of halogens is 3. The van der Waals surface area contributed by atoms with Crippen LogP contribution in [-0.4, -0.2) is 48.1 Å². The Morgan fingerprint density at radius 1 is 1.18 bits per heavy atom. The molecule has 12 heteroatoms. The lowest BCUT2D eigenvalue weighted by atomic mass is 9.91. The summed E-state index contributed by atoms with van der Waals surface area (Å²) < 4.78 is 69.4. The second-order valence-corrected chi connectivity index (χ2v) is 9.08. The third kappa shape index (κ3) is 5.75. The molecule has 0 spiro atoms. The molecule has 3 unspecified atom stereocenters. The Kier molecular flexibility index (Phi) is 7.18. The largest absolute Gasteiger partial charge is 0.534 e. The van der Waals surface area contributed by atoms with Gasteiger partial charge in [-0.25, -0.2) is 0 Å². The first-order valence-electron chi connectivity index (χ1n) is 9.73. The van der Waals surface area contributed by atoms with Crippen LogP contribution >= 0.6 is 0 Å². The number of nitriles is 1. The second-order valence-electron chi connectivity index (χ2n) is 7.54. The minimum absolute atomic E-state index is 0.126. The minimum Gasteiger partial charge on any atom is -0.508 e. The molecule has 2 aromatic rings. The molecular formula is C21H20F3NO7S. The van der Waals surface area contributed by atoms with Gasteiger partial charge in [0.05, 0.1) is 36.6 Å². The summed E-state index contributed by atoms with van der Waals surface area (Å²) in [7, 11) is -5.79. The van der Waals surface area contributed by atoms with Gasteiger partial charge in [0.2, 0.25) is 0 Å². The van der Waals surface area contributed by atoms with Crippen molar-refractivity contribution in [3.8, 4) is 17.6 Å². The fourth-order valence-electron chi connectivity index (χ4n) is 3.53. The summed E-state index contributed by atoms with van der Waals surface area (Å²) in [5.74, 6) is -0.741. The summed E-state index contributed by atoms with van der Waals surface area (Å²) in [5.41, 5.74) is -4.10. The van der Waals surface area contributed by atoms with Crippen molar-refractivity contribution in [2.75, 3.05) is 6.61 Å². The Bertz CT molecular complexity index is 1140. The third-order valence-corrected chi connectivity index (χ3v) is 6.09. The predicted octanol–water partition coefficient (Wildman–Crippen LogP) is 2.66. The molecule has 1 aliphatic heterocycles. The van der Waals surface area contributed by atoms with Crippen LogP contribution in [0, 0.1) is 11.3 Å². The molecule has 0 saturated carbocycles. The zero-order valence-corrected chi connectivity index (χ0v) is 17.8. The summed E-state index contributed by atoms with van der Waals surface area (Å²) in [4.78, 5) is 0. The maximum atomic E-state index is 12.5. The number of alkyl halides is 3. The topological polar surface area (TPSA) is 137 Å². The van der Waals surface area contributed by atoms with Gasteiger partial charge in [0.1, 0.15) is 11.5 Å². The Labute approximate surface area is 187 Å². The van der Waals surface area contributed by atoms with E-state index in [2.05, 4.69) is 4.18 Å². The van der Waals surface area contributed by atoms with E-state index in [1.807, 2.05) is 6.07 Å². The number of ether oxygens (including phenoxy) is 1. The molecule has 8 nitrogen and oxygen atoms in total. The Hall–Kier alpha value is -2.85. The molecule has 2 aromatic carbocycles. The molecule has 0 aliphatic carbocycles. The summed E-state index contributed by atoms with van der Waals surface area (Å²) >= 11 is 0. The van der Waals surface area contributed by atoms with Crippen LogP contribution in [0.2, 0.25) is 0 Å². The van der Waals surface area contributed by atoms with Crippen molar-refractivity contribution < 1.29 is 45.8 Å². The standard InChI is InChI=1S/C21H20F3NO7S/c22-21(23,24)33(29,30)32-16-3-1-12(2-4-16)5-13-6-18(19(28)7-14(13)10-25)20-9-15(27)8-17(11-26)31-20/h1-4,6-7,15,17,20,26-28H,5,8-9,11H2. The van der Waals surface area contributed by atoms with Crippen molar-refractivity contribution in [3.05, 3.63) is 58.7 Å². The summed E-state index contributed by atoms with van der Waals surface area (Å²) in [5, 5.41) is 39.2. The van der Waals surface area contributed by atoms with Gasteiger partial charge in [0, 0.05) is 18.4 Å². The molecule has 1 saturated heterocycles. The SMILES string of the molecule is N#Cc1cc(O)c(C2CC(O)CC(CO)O2)cc1Cc1ccc(OS(=O)(=O)C(F)(F)F)cc1. The minimum atomic E-state index is -5.79. The van der Waals surface area contributed by atoms with Gasteiger partial charge in [-0.1, -0.05) is 12.1 Å². The first-order valence-corrected chi connectivity index (χ1v) is 11.1. The number of hydrogen-bond donors (Lipinski definition) is 3. The molecule has 0 amide bonds. The van der Waals surface area contributed by atoms with Gasteiger partial charge in [-0.15, -0.1) is 0 Å². The van der Waals surface area contributed by atoms with E-state index in [1.54, 1.807) is 0 Å². The molecule has 178 valence electrons. The second kappa shape index (κ2) is 9.56. The first kappa shape index (κ1) is 24.8. The predicted molar refractivity (Wildman–Crippen MR) is 108 cm³/mol. The van der Waals surface area contributed by atoms with Gasteiger partial charge in [-0.3, -0.25) is 0 Å². The van der Waals surface area contributed by atoms with E-state index in [0.29, 0.717) is 16.7 Å². The molecule has 1 fully saturated rings. The van der Waals surface area contributed by atoms with Crippen molar-refractivity contribution >= 4 is 10.1 Å². The van der Waals surface area contributed by atoms with E-state index >= 15 is 0 Å². The smallest absolute Gasteiger partial charge is 0.508 e. The molecule has 1 heterocycles. The van der Waals surface area contributed by atoms with E-state index in [-0.39, 0.29) is 37.2 Å². The molecule has 0 aromatic heterocycles. The molecule has 0 bridgehead atoms. The molecule has 0 radical (unpaired) electrons. The average molecular weight is 487 g/mol. The van der Waals surface area contributed by atoms with Crippen molar-refractivity contribution in [3.63, 3.8) is 0 Å². The van der Waals surface area contributed by atoms with E-state index in [4.69, 9.17) is 4.74 Å².